The van der Waals surface area contributed by atoms with E-state index in [9.17, 15) is 4.39 Å². The molecule has 0 saturated heterocycles. The number of rotatable bonds is 5. The van der Waals surface area contributed by atoms with Gasteiger partial charge >= 0.3 is 0 Å². The number of halogens is 1. The van der Waals surface area contributed by atoms with Crippen LogP contribution in [0.2, 0.25) is 0 Å². The van der Waals surface area contributed by atoms with Crippen LogP contribution in [-0.2, 0) is 6.54 Å². The van der Waals surface area contributed by atoms with Crippen LogP contribution in [0.5, 0.6) is 0 Å². The fourth-order valence-corrected chi connectivity index (χ4v) is 2.33. The summed E-state index contributed by atoms with van der Waals surface area (Å²) in [4.78, 5) is 2.31. The monoisotopic (exact) mass is 237 g/mol. The van der Waals surface area contributed by atoms with Gasteiger partial charge in [-0.05, 0) is 43.0 Å². The van der Waals surface area contributed by atoms with E-state index in [2.05, 4.69) is 4.90 Å². The summed E-state index contributed by atoms with van der Waals surface area (Å²) in [5.74, 6) is -0.177. The number of aliphatic hydroxyl groups excluding tert-OH is 1. The van der Waals surface area contributed by atoms with Crippen molar-refractivity contribution in [2.45, 2.75) is 38.8 Å². The van der Waals surface area contributed by atoms with Crippen LogP contribution in [0.25, 0.3) is 0 Å². The lowest BCUT2D eigenvalue weighted by Gasteiger charge is -2.37. The third-order valence-electron chi connectivity index (χ3n) is 3.66. The van der Waals surface area contributed by atoms with Crippen LogP contribution in [0.15, 0.2) is 18.2 Å². The van der Waals surface area contributed by atoms with E-state index in [0.717, 1.165) is 17.7 Å². The van der Waals surface area contributed by atoms with Gasteiger partial charge in [-0.1, -0.05) is 12.5 Å². The molecule has 1 N–H and O–H groups in total. The van der Waals surface area contributed by atoms with Gasteiger partial charge in [0.2, 0.25) is 0 Å². The number of aryl methyl sites for hydroxylation is 1. The maximum absolute atomic E-state index is 13.0. The van der Waals surface area contributed by atoms with Gasteiger partial charge in [0.25, 0.3) is 0 Å². The Balaban J connectivity index is 2.05. The third kappa shape index (κ3) is 3.05. The summed E-state index contributed by atoms with van der Waals surface area (Å²) in [6.45, 7) is 3.66. The fourth-order valence-electron chi connectivity index (χ4n) is 2.33. The average molecular weight is 237 g/mol. The zero-order chi connectivity index (χ0) is 12.3. The van der Waals surface area contributed by atoms with Crippen LogP contribution < -0.4 is 0 Å². The van der Waals surface area contributed by atoms with Crippen LogP contribution in [-0.4, -0.2) is 29.2 Å². The number of benzene rings is 1. The van der Waals surface area contributed by atoms with Crippen molar-refractivity contribution < 1.29 is 9.50 Å². The third-order valence-corrected chi connectivity index (χ3v) is 3.66. The Morgan fingerprint density at radius 3 is 2.71 bits per heavy atom. The minimum Gasteiger partial charge on any atom is -0.395 e. The summed E-state index contributed by atoms with van der Waals surface area (Å²) < 4.78 is 13.0. The van der Waals surface area contributed by atoms with Crippen LogP contribution in [0, 0.1) is 12.7 Å². The standard InChI is InChI=1S/C14H20FNO/c1-11-9-13(15)6-5-12(11)10-16(7-8-17)14-3-2-4-14/h5-6,9,14,17H,2-4,7-8,10H2,1H3. The minimum atomic E-state index is -0.177. The van der Waals surface area contributed by atoms with E-state index in [4.69, 9.17) is 5.11 Å². The molecule has 0 aliphatic heterocycles. The van der Waals surface area contributed by atoms with Gasteiger partial charge in [-0.2, -0.15) is 0 Å². The second-order valence-corrected chi connectivity index (χ2v) is 4.85. The highest BCUT2D eigenvalue weighted by molar-refractivity contribution is 5.26. The van der Waals surface area contributed by atoms with Gasteiger partial charge in [0.1, 0.15) is 5.82 Å². The molecule has 0 bridgehead atoms. The quantitative estimate of drug-likeness (QED) is 0.850. The van der Waals surface area contributed by atoms with Crippen LogP contribution in [0.3, 0.4) is 0 Å². The Hall–Kier alpha value is -0.930. The lowest BCUT2D eigenvalue weighted by atomic mass is 9.91. The molecule has 1 aromatic carbocycles. The van der Waals surface area contributed by atoms with Crippen molar-refractivity contribution in [1.82, 2.24) is 4.90 Å². The largest absolute Gasteiger partial charge is 0.395 e. The summed E-state index contributed by atoms with van der Waals surface area (Å²) in [5.41, 5.74) is 2.15. The molecule has 0 atom stereocenters. The molecule has 17 heavy (non-hydrogen) atoms. The maximum atomic E-state index is 13.0. The first kappa shape index (κ1) is 12.5. The summed E-state index contributed by atoms with van der Waals surface area (Å²) in [6.07, 6.45) is 3.73. The molecule has 94 valence electrons. The van der Waals surface area contributed by atoms with Gasteiger partial charge in [-0.3, -0.25) is 4.90 Å². The van der Waals surface area contributed by atoms with Crippen molar-refractivity contribution in [2.24, 2.45) is 0 Å². The molecule has 0 heterocycles. The Bertz CT molecular complexity index is 376. The zero-order valence-electron chi connectivity index (χ0n) is 10.3. The van der Waals surface area contributed by atoms with Crippen molar-refractivity contribution in [3.8, 4) is 0 Å². The van der Waals surface area contributed by atoms with Crippen molar-refractivity contribution in [3.63, 3.8) is 0 Å². The highest BCUT2D eigenvalue weighted by Crippen LogP contribution is 2.26. The fraction of sp³-hybridized carbons (Fsp3) is 0.571. The van der Waals surface area contributed by atoms with Gasteiger partial charge in [0.05, 0.1) is 6.61 Å². The van der Waals surface area contributed by atoms with Crippen molar-refractivity contribution >= 4 is 0 Å². The van der Waals surface area contributed by atoms with Crippen molar-refractivity contribution in [3.05, 3.63) is 35.1 Å². The molecular weight excluding hydrogens is 217 g/mol. The number of hydrogen-bond donors (Lipinski definition) is 1. The Morgan fingerprint density at radius 1 is 1.41 bits per heavy atom. The molecule has 2 nitrogen and oxygen atoms in total. The summed E-state index contributed by atoms with van der Waals surface area (Å²) in [7, 11) is 0. The van der Waals surface area contributed by atoms with E-state index in [1.165, 1.54) is 25.3 Å². The van der Waals surface area contributed by atoms with Crippen LogP contribution in [0.4, 0.5) is 4.39 Å². The first-order valence-electron chi connectivity index (χ1n) is 6.30. The number of aliphatic hydroxyl groups is 1. The molecule has 0 spiro atoms. The average Bonchev–Trinajstić information content (AvgIpc) is 2.20. The Kier molecular flexibility index (Phi) is 4.13. The first-order chi connectivity index (χ1) is 8.20. The van der Waals surface area contributed by atoms with E-state index >= 15 is 0 Å². The molecule has 0 radical (unpaired) electrons. The van der Waals surface area contributed by atoms with E-state index in [0.29, 0.717) is 12.6 Å². The predicted octanol–water partition coefficient (Wildman–Crippen LogP) is 2.48. The van der Waals surface area contributed by atoms with Crippen LogP contribution >= 0.6 is 0 Å². The maximum Gasteiger partial charge on any atom is 0.123 e. The zero-order valence-corrected chi connectivity index (χ0v) is 10.3. The summed E-state index contributed by atoms with van der Waals surface area (Å²) >= 11 is 0. The minimum absolute atomic E-state index is 0.177. The summed E-state index contributed by atoms with van der Waals surface area (Å²) in [5, 5.41) is 9.09. The predicted molar refractivity (Wildman–Crippen MR) is 66.3 cm³/mol. The molecule has 0 aromatic heterocycles. The first-order valence-corrected chi connectivity index (χ1v) is 6.30. The highest BCUT2D eigenvalue weighted by atomic mass is 19.1. The summed E-state index contributed by atoms with van der Waals surface area (Å²) in [6, 6.07) is 5.55. The van der Waals surface area contributed by atoms with Crippen molar-refractivity contribution in [1.29, 1.82) is 0 Å². The van der Waals surface area contributed by atoms with E-state index in [1.807, 2.05) is 13.0 Å². The molecule has 1 saturated carbocycles. The lowest BCUT2D eigenvalue weighted by Crippen LogP contribution is -2.41. The highest BCUT2D eigenvalue weighted by Gasteiger charge is 2.24. The lowest BCUT2D eigenvalue weighted by molar-refractivity contribution is 0.0943. The molecule has 1 aliphatic carbocycles. The SMILES string of the molecule is Cc1cc(F)ccc1CN(CCO)C1CCC1. The second kappa shape index (κ2) is 5.61. The van der Waals surface area contributed by atoms with Crippen LogP contribution in [0.1, 0.15) is 30.4 Å². The smallest absolute Gasteiger partial charge is 0.123 e. The molecular formula is C14H20FNO. The molecule has 1 aromatic rings. The molecule has 1 fully saturated rings. The second-order valence-electron chi connectivity index (χ2n) is 4.85. The number of nitrogens with zero attached hydrogens (tertiary/aromatic N) is 1. The molecule has 1 aliphatic rings. The topological polar surface area (TPSA) is 23.5 Å². The van der Waals surface area contributed by atoms with Gasteiger partial charge < -0.3 is 5.11 Å². The van der Waals surface area contributed by atoms with E-state index in [1.54, 1.807) is 6.07 Å². The van der Waals surface area contributed by atoms with Gasteiger partial charge in [-0.25, -0.2) is 4.39 Å². The Labute approximate surface area is 102 Å². The van der Waals surface area contributed by atoms with Gasteiger partial charge in [0, 0.05) is 19.1 Å². The van der Waals surface area contributed by atoms with Gasteiger partial charge in [0.15, 0.2) is 0 Å². The molecule has 3 heteroatoms. The molecule has 0 amide bonds. The normalized spacial score (nSPS) is 16.2. The Morgan fingerprint density at radius 2 is 2.18 bits per heavy atom. The molecule has 2 rings (SSSR count). The van der Waals surface area contributed by atoms with Gasteiger partial charge in [-0.15, -0.1) is 0 Å². The van der Waals surface area contributed by atoms with Crippen molar-refractivity contribution in [2.75, 3.05) is 13.2 Å². The van der Waals surface area contributed by atoms with E-state index < -0.39 is 0 Å². The molecule has 0 unspecified atom stereocenters. The number of hydrogen-bond acceptors (Lipinski definition) is 2. The van der Waals surface area contributed by atoms with E-state index in [-0.39, 0.29) is 12.4 Å².